The van der Waals surface area contributed by atoms with Gasteiger partial charge in [0.15, 0.2) is 0 Å². The van der Waals surface area contributed by atoms with Crippen LogP contribution >= 0.6 is 22.7 Å². The third-order valence-corrected chi connectivity index (χ3v) is 11.0. The molecule has 0 aliphatic rings. The summed E-state index contributed by atoms with van der Waals surface area (Å²) in [6, 6.07) is 14.8. The average Bonchev–Trinajstić information content (AvgIpc) is 3.41. The van der Waals surface area contributed by atoms with Crippen molar-refractivity contribution in [2.24, 2.45) is 0 Å². The predicted octanol–water partition coefficient (Wildman–Crippen LogP) is 11.2. The van der Waals surface area contributed by atoms with Crippen LogP contribution in [0.5, 0.6) is 0 Å². The number of benzene rings is 7. The summed E-state index contributed by atoms with van der Waals surface area (Å²) in [4.78, 5) is 2.79. The van der Waals surface area contributed by atoms with Crippen LogP contribution in [0, 0.1) is 41.5 Å². The maximum Gasteiger partial charge on any atom is 0.0430 e. The normalized spacial score (nSPS) is 13.3. The zero-order valence-electron chi connectivity index (χ0n) is 21.3. The van der Waals surface area contributed by atoms with E-state index >= 15 is 0 Å². The molecule has 0 radical (unpaired) electrons. The summed E-state index contributed by atoms with van der Waals surface area (Å²) in [5, 5.41) is 20.5. The lowest BCUT2D eigenvalue weighted by molar-refractivity contribution is 1.49. The standard InChI is InChI=1S/C34H24S2/c1-13-7-19-21-11-17(5)35-33(21)24-10-16(4)26-14(2)8-20-22-12-18(6)36-34(22)23-9-15(3)25(13)31-27(19)30(24)32(26)28(20)29(23)31/h7-12H,1-6H3. The van der Waals surface area contributed by atoms with Gasteiger partial charge in [-0.25, -0.2) is 0 Å². The molecule has 0 N–H and O–H groups in total. The Hall–Kier alpha value is -3.20. The van der Waals surface area contributed by atoms with Crippen LogP contribution in [0.25, 0.3) is 84.8 Å². The van der Waals surface area contributed by atoms with Crippen molar-refractivity contribution in [3.63, 3.8) is 0 Å². The van der Waals surface area contributed by atoms with Gasteiger partial charge in [0.05, 0.1) is 0 Å². The Labute approximate surface area is 216 Å². The van der Waals surface area contributed by atoms with Crippen LogP contribution < -0.4 is 0 Å². The number of hydrogen-bond acceptors (Lipinski definition) is 2. The van der Waals surface area contributed by atoms with Crippen LogP contribution in [0.2, 0.25) is 0 Å². The topological polar surface area (TPSA) is 0 Å². The maximum absolute atomic E-state index is 2.49. The van der Waals surface area contributed by atoms with Gasteiger partial charge >= 0.3 is 0 Å². The van der Waals surface area contributed by atoms with Crippen molar-refractivity contribution in [1.82, 2.24) is 0 Å². The van der Waals surface area contributed by atoms with E-state index in [-0.39, 0.29) is 0 Å². The third kappa shape index (κ3) is 2.00. The Morgan fingerprint density at radius 3 is 1.06 bits per heavy atom. The molecule has 0 aliphatic carbocycles. The van der Waals surface area contributed by atoms with Crippen molar-refractivity contribution in [1.29, 1.82) is 0 Å². The van der Waals surface area contributed by atoms with Gasteiger partial charge in [0.25, 0.3) is 0 Å². The van der Waals surface area contributed by atoms with E-state index in [2.05, 4.69) is 77.9 Å². The lowest BCUT2D eigenvalue weighted by Crippen LogP contribution is -1.98. The average molecular weight is 497 g/mol. The smallest absolute Gasteiger partial charge is 0.0430 e. The summed E-state index contributed by atoms with van der Waals surface area (Å²) in [5.74, 6) is 0. The Balaban J connectivity index is 1.85. The summed E-state index contributed by atoms with van der Waals surface area (Å²) in [7, 11) is 0. The van der Waals surface area contributed by atoms with Crippen LogP contribution in [0.1, 0.15) is 32.0 Å². The minimum absolute atomic E-state index is 1.39. The highest BCUT2D eigenvalue weighted by molar-refractivity contribution is 7.20. The van der Waals surface area contributed by atoms with Gasteiger partial charge in [-0.05, 0) is 131 Å². The maximum atomic E-state index is 2.49. The van der Waals surface area contributed by atoms with Crippen molar-refractivity contribution in [2.45, 2.75) is 41.5 Å². The molecule has 0 spiro atoms. The van der Waals surface area contributed by atoms with Gasteiger partial charge in [0.2, 0.25) is 0 Å². The van der Waals surface area contributed by atoms with Gasteiger partial charge in [-0.15, -0.1) is 22.7 Å². The molecule has 0 bridgehead atoms. The van der Waals surface area contributed by atoms with Gasteiger partial charge in [-0.2, -0.15) is 0 Å². The zero-order valence-corrected chi connectivity index (χ0v) is 22.9. The molecule has 0 fully saturated rings. The molecule has 9 aromatic rings. The first kappa shape index (κ1) is 19.9. The summed E-state index contributed by atoms with van der Waals surface area (Å²) in [6.45, 7) is 13.8. The Bertz CT molecular complexity index is 2080. The molecule has 0 atom stereocenters. The van der Waals surface area contributed by atoms with Gasteiger partial charge in [0.1, 0.15) is 0 Å². The number of thiophene rings is 2. The summed E-state index contributed by atoms with van der Waals surface area (Å²) in [6.07, 6.45) is 0. The monoisotopic (exact) mass is 496 g/mol. The van der Waals surface area contributed by atoms with E-state index in [1.54, 1.807) is 0 Å². The van der Waals surface area contributed by atoms with E-state index in [9.17, 15) is 0 Å². The Morgan fingerprint density at radius 2 is 0.667 bits per heavy atom. The van der Waals surface area contributed by atoms with E-state index in [1.165, 1.54) is 117 Å². The molecule has 172 valence electrons. The third-order valence-electron chi connectivity index (χ3n) is 8.88. The minimum atomic E-state index is 1.39. The highest BCUT2D eigenvalue weighted by atomic mass is 32.1. The highest BCUT2D eigenvalue weighted by Gasteiger charge is 2.27. The zero-order chi connectivity index (χ0) is 24.4. The molecule has 0 saturated heterocycles. The molecule has 0 nitrogen and oxygen atoms in total. The lowest BCUT2D eigenvalue weighted by atomic mass is 9.78. The molecule has 7 aromatic carbocycles. The molecule has 9 rings (SSSR count). The predicted molar refractivity (Wildman–Crippen MR) is 164 cm³/mol. The van der Waals surface area contributed by atoms with Crippen molar-refractivity contribution in [2.75, 3.05) is 0 Å². The van der Waals surface area contributed by atoms with E-state index < -0.39 is 0 Å². The summed E-state index contributed by atoms with van der Waals surface area (Å²) in [5.41, 5.74) is 5.60. The SMILES string of the molecule is Cc1cc2c3cc(C)c4c(C)cc5c6sc(C)cc6c6cc(C)c7c(C)cc(c2s1)c1c7c6c5c4c31. The molecule has 2 heteroatoms. The highest BCUT2D eigenvalue weighted by Crippen LogP contribution is 2.56. The van der Waals surface area contributed by atoms with Gasteiger partial charge in [-0.3, -0.25) is 0 Å². The first-order chi connectivity index (χ1) is 17.3. The molecule has 0 aliphatic heterocycles. The van der Waals surface area contributed by atoms with Gasteiger partial charge in [-0.1, -0.05) is 12.1 Å². The first-order valence-corrected chi connectivity index (χ1v) is 14.4. The number of hydrogen-bond donors (Lipinski definition) is 0. The van der Waals surface area contributed by atoms with Crippen LogP contribution in [-0.4, -0.2) is 0 Å². The number of rotatable bonds is 0. The molecule has 2 heterocycles. The van der Waals surface area contributed by atoms with Crippen LogP contribution in [0.4, 0.5) is 0 Å². The van der Waals surface area contributed by atoms with E-state index in [4.69, 9.17) is 0 Å². The first-order valence-electron chi connectivity index (χ1n) is 12.8. The molecular weight excluding hydrogens is 473 g/mol. The van der Waals surface area contributed by atoms with Crippen molar-refractivity contribution in [3.05, 3.63) is 68.4 Å². The lowest BCUT2D eigenvalue weighted by Gasteiger charge is -2.25. The van der Waals surface area contributed by atoms with Gasteiger partial charge in [0, 0.05) is 51.5 Å². The van der Waals surface area contributed by atoms with Crippen LogP contribution in [0.15, 0.2) is 36.4 Å². The van der Waals surface area contributed by atoms with Crippen molar-refractivity contribution < 1.29 is 0 Å². The largest absolute Gasteiger partial charge is 0.140 e. The summed E-state index contributed by atoms with van der Waals surface area (Å²) >= 11 is 3.93. The van der Waals surface area contributed by atoms with E-state index in [1.807, 2.05) is 22.7 Å². The molecular formula is C34H24S2. The molecule has 2 aromatic heterocycles. The molecule has 0 saturated carbocycles. The Morgan fingerprint density at radius 1 is 0.333 bits per heavy atom. The van der Waals surface area contributed by atoms with Crippen molar-refractivity contribution >= 4 is 107 Å². The van der Waals surface area contributed by atoms with Crippen LogP contribution in [-0.2, 0) is 0 Å². The van der Waals surface area contributed by atoms with Crippen molar-refractivity contribution in [3.8, 4) is 0 Å². The van der Waals surface area contributed by atoms with Gasteiger partial charge < -0.3 is 0 Å². The fourth-order valence-corrected chi connectivity index (χ4v) is 9.89. The fourth-order valence-electron chi connectivity index (χ4n) is 7.79. The fraction of sp³-hybridized carbons (Fsp3) is 0.176. The van der Waals surface area contributed by atoms with E-state index in [0.717, 1.165) is 0 Å². The molecule has 0 amide bonds. The van der Waals surface area contributed by atoms with Crippen LogP contribution in [0.3, 0.4) is 0 Å². The second-order valence-corrected chi connectivity index (χ2v) is 13.7. The quantitative estimate of drug-likeness (QED) is 0.145. The number of aryl methyl sites for hydroxylation is 6. The Kier molecular flexibility index (Phi) is 3.33. The minimum Gasteiger partial charge on any atom is -0.140 e. The second-order valence-electron chi connectivity index (χ2n) is 11.2. The molecule has 36 heavy (non-hydrogen) atoms. The number of fused-ring (bicyclic) bond motifs is 6. The van der Waals surface area contributed by atoms with E-state index in [0.29, 0.717) is 0 Å². The summed E-state index contributed by atoms with van der Waals surface area (Å²) < 4.78 is 2.90. The second kappa shape index (κ2) is 6.02. The molecule has 0 unspecified atom stereocenters.